The van der Waals surface area contributed by atoms with Crippen LogP contribution in [0.25, 0.3) is 0 Å². The van der Waals surface area contributed by atoms with E-state index in [2.05, 4.69) is 45.9 Å². The highest BCUT2D eigenvalue weighted by molar-refractivity contribution is 6.23. The van der Waals surface area contributed by atoms with E-state index in [0.717, 1.165) is 0 Å². The summed E-state index contributed by atoms with van der Waals surface area (Å²) in [5, 5.41) is 0. The molecule has 1 aromatic rings. The Morgan fingerprint density at radius 1 is 0.643 bits per heavy atom. The van der Waals surface area contributed by atoms with Crippen molar-refractivity contribution in [3.05, 3.63) is 34.9 Å². The number of alkyl halides is 1. The highest BCUT2D eigenvalue weighted by atomic mass is 35.5. The molecule has 0 aliphatic rings. The molecule has 0 N–H and O–H groups in total. The van der Waals surface area contributed by atoms with Gasteiger partial charge in [-0.3, -0.25) is 0 Å². The lowest BCUT2D eigenvalue weighted by atomic mass is 9.87. The third-order valence-corrected chi connectivity index (χ3v) is 6.20. The van der Waals surface area contributed by atoms with Crippen LogP contribution in [0.4, 0.5) is 0 Å². The number of hydrogen-bond acceptors (Lipinski definition) is 0. The predicted molar refractivity (Wildman–Crippen MR) is 129 cm³/mol. The molecule has 0 saturated heterocycles. The Hall–Kier alpha value is -0.490. The van der Waals surface area contributed by atoms with Gasteiger partial charge in [-0.05, 0) is 56.2 Å². The van der Waals surface area contributed by atoms with E-state index in [9.17, 15) is 0 Å². The van der Waals surface area contributed by atoms with E-state index in [0.29, 0.717) is 0 Å². The third kappa shape index (κ3) is 10.9. The van der Waals surface area contributed by atoms with E-state index in [1.807, 2.05) is 0 Å². The molecule has 0 bridgehead atoms. The van der Waals surface area contributed by atoms with Crippen LogP contribution in [0, 0.1) is 0 Å². The molecule has 0 radical (unpaired) electrons. The smallest absolute Gasteiger partial charge is 0.0641 e. The van der Waals surface area contributed by atoms with Crippen molar-refractivity contribution in [1.82, 2.24) is 0 Å². The minimum atomic E-state index is -0.271. The van der Waals surface area contributed by atoms with Gasteiger partial charge in [-0.25, -0.2) is 0 Å². The van der Waals surface area contributed by atoms with Crippen molar-refractivity contribution in [1.29, 1.82) is 0 Å². The lowest BCUT2D eigenvalue weighted by Crippen LogP contribution is -2.13. The summed E-state index contributed by atoms with van der Waals surface area (Å²) < 4.78 is 0. The molecule has 0 unspecified atom stereocenters. The van der Waals surface area contributed by atoms with Crippen molar-refractivity contribution in [3.8, 4) is 0 Å². The number of aryl methyl sites for hydroxylation is 1. The van der Waals surface area contributed by atoms with E-state index in [4.69, 9.17) is 11.6 Å². The molecule has 0 heterocycles. The van der Waals surface area contributed by atoms with E-state index in [1.165, 1.54) is 108 Å². The first-order valence-corrected chi connectivity index (χ1v) is 12.7. The molecule has 0 aromatic heterocycles. The quantitative estimate of drug-likeness (QED) is 0.178. The van der Waals surface area contributed by atoms with Gasteiger partial charge in [-0.1, -0.05) is 109 Å². The summed E-state index contributed by atoms with van der Waals surface area (Å²) in [7, 11) is 0. The molecule has 0 aliphatic heterocycles. The van der Waals surface area contributed by atoms with Gasteiger partial charge in [0.1, 0.15) is 0 Å². The highest BCUT2D eigenvalue weighted by Crippen LogP contribution is 2.33. The van der Waals surface area contributed by atoms with Gasteiger partial charge >= 0.3 is 0 Å². The van der Waals surface area contributed by atoms with Gasteiger partial charge in [-0.2, -0.15) is 0 Å². The molecule has 1 aromatic carbocycles. The second kappa shape index (κ2) is 15.4. The fourth-order valence-corrected chi connectivity index (χ4v) is 4.43. The monoisotopic (exact) mass is 406 g/mol. The number of benzene rings is 1. The van der Waals surface area contributed by atoms with Crippen molar-refractivity contribution >= 4 is 11.6 Å². The fourth-order valence-electron chi connectivity index (χ4n) is 4.25. The molecular formula is C27H47Cl. The summed E-state index contributed by atoms with van der Waals surface area (Å²) in [4.78, 5) is -0.271. The summed E-state index contributed by atoms with van der Waals surface area (Å²) in [5.74, 6) is 0. The number of hydrogen-bond donors (Lipinski definition) is 0. The van der Waals surface area contributed by atoms with E-state index < -0.39 is 0 Å². The first-order chi connectivity index (χ1) is 13.5. The second-order valence-electron chi connectivity index (χ2n) is 9.16. The Morgan fingerprint density at radius 3 is 1.61 bits per heavy atom. The highest BCUT2D eigenvalue weighted by Gasteiger charge is 2.21. The molecule has 1 heteroatoms. The summed E-state index contributed by atoms with van der Waals surface area (Å²) in [6.07, 6.45) is 21.7. The van der Waals surface area contributed by atoms with Gasteiger partial charge in [0, 0.05) is 0 Å². The Kier molecular flexibility index (Phi) is 14.0. The molecule has 0 amide bonds. The van der Waals surface area contributed by atoms with E-state index >= 15 is 0 Å². The van der Waals surface area contributed by atoms with Gasteiger partial charge in [0.2, 0.25) is 0 Å². The molecule has 0 fully saturated rings. The van der Waals surface area contributed by atoms with Crippen molar-refractivity contribution in [2.75, 3.05) is 0 Å². The summed E-state index contributed by atoms with van der Waals surface area (Å²) in [6.45, 7) is 8.88. The van der Waals surface area contributed by atoms with Gasteiger partial charge in [0.25, 0.3) is 0 Å². The molecule has 0 nitrogen and oxygen atoms in total. The number of rotatable bonds is 17. The zero-order chi connectivity index (χ0) is 20.7. The van der Waals surface area contributed by atoms with Crippen molar-refractivity contribution in [2.24, 2.45) is 0 Å². The SMILES string of the molecule is CCCCCCCCCCc1c(CCCCCCCC)cccc1C(C)(C)Cl. The van der Waals surface area contributed by atoms with Crippen LogP contribution in [0.15, 0.2) is 18.2 Å². The minimum absolute atomic E-state index is 0.271. The van der Waals surface area contributed by atoms with Crippen molar-refractivity contribution in [3.63, 3.8) is 0 Å². The average molecular weight is 407 g/mol. The molecule has 28 heavy (non-hydrogen) atoms. The largest absolute Gasteiger partial charge is 0.115 e. The van der Waals surface area contributed by atoms with Crippen LogP contribution in [-0.2, 0) is 17.7 Å². The first-order valence-electron chi connectivity index (χ1n) is 12.3. The number of halogens is 1. The second-order valence-corrected chi connectivity index (χ2v) is 10.1. The standard InChI is InChI=1S/C27H47Cl/c1-5-7-9-11-13-14-16-18-22-25-24(20-17-15-12-10-8-6-2)21-19-23-26(25)27(3,4)28/h19,21,23H,5-18,20,22H2,1-4H3. The summed E-state index contributed by atoms with van der Waals surface area (Å²) in [5.41, 5.74) is 4.48. The van der Waals surface area contributed by atoms with Gasteiger partial charge in [-0.15, -0.1) is 11.6 Å². The lowest BCUT2D eigenvalue weighted by molar-refractivity contribution is 0.572. The van der Waals surface area contributed by atoms with Gasteiger partial charge < -0.3 is 0 Å². The van der Waals surface area contributed by atoms with Crippen LogP contribution in [0.2, 0.25) is 0 Å². The third-order valence-electron chi connectivity index (χ3n) is 5.99. The van der Waals surface area contributed by atoms with Crippen molar-refractivity contribution < 1.29 is 0 Å². The molecule has 0 spiro atoms. The molecular weight excluding hydrogens is 360 g/mol. The normalized spacial score (nSPS) is 11.9. The van der Waals surface area contributed by atoms with Crippen LogP contribution in [0.3, 0.4) is 0 Å². The summed E-state index contributed by atoms with van der Waals surface area (Å²) in [6, 6.07) is 6.85. The van der Waals surface area contributed by atoms with Crippen LogP contribution < -0.4 is 0 Å². The maximum absolute atomic E-state index is 6.77. The molecule has 0 saturated carbocycles. The van der Waals surface area contributed by atoms with Crippen molar-refractivity contribution in [2.45, 2.75) is 135 Å². The lowest BCUT2D eigenvalue weighted by Gasteiger charge is -2.23. The fraction of sp³-hybridized carbons (Fsp3) is 0.778. The summed E-state index contributed by atoms with van der Waals surface area (Å²) >= 11 is 6.77. The topological polar surface area (TPSA) is 0 Å². The molecule has 162 valence electrons. The molecule has 1 rings (SSSR count). The zero-order valence-corrected chi connectivity index (χ0v) is 20.2. The van der Waals surface area contributed by atoms with Crippen LogP contribution in [0.1, 0.15) is 134 Å². The van der Waals surface area contributed by atoms with Crippen LogP contribution >= 0.6 is 11.6 Å². The Labute approximate surface area is 181 Å². The van der Waals surface area contributed by atoms with Gasteiger partial charge in [0.05, 0.1) is 4.87 Å². The Morgan fingerprint density at radius 2 is 1.11 bits per heavy atom. The van der Waals surface area contributed by atoms with Gasteiger partial charge in [0.15, 0.2) is 0 Å². The van der Waals surface area contributed by atoms with Crippen LogP contribution in [-0.4, -0.2) is 0 Å². The molecule has 0 atom stereocenters. The van der Waals surface area contributed by atoms with E-state index in [1.54, 1.807) is 11.1 Å². The Balaban J connectivity index is 2.54. The maximum Gasteiger partial charge on any atom is 0.0641 e. The Bertz CT molecular complexity index is 497. The maximum atomic E-state index is 6.77. The van der Waals surface area contributed by atoms with E-state index in [-0.39, 0.29) is 4.87 Å². The van der Waals surface area contributed by atoms with Crippen LogP contribution in [0.5, 0.6) is 0 Å². The molecule has 0 aliphatic carbocycles. The zero-order valence-electron chi connectivity index (χ0n) is 19.4. The minimum Gasteiger partial charge on any atom is -0.115 e. The first kappa shape index (κ1) is 25.5. The predicted octanol–water partition coefficient (Wildman–Crippen LogP) is 9.75. The number of unbranched alkanes of at least 4 members (excludes halogenated alkanes) is 12. The average Bonchev–Trinajstić information content (AvgIpc) is 2.66.